The van der Waals surface area contributed by atoms with Crippen molar-refractivity contribution in [2.24, 2.45) is 0 Å². The molecule has 0 aliphatic heterocycles. The van der Waals surface area contributed by atoms with E-state index >= 15 is 0 Å². The monoisotopic (exact) mass is 343 g/mol. The summed E-state index contributed by atoms with van der Waals surface area (Å²) in [6, 6.07) is 12.8. The van der Waals surface area contributed by atoms with E-state index in [2.05, 4.69) is 35.2 Å². The molecular weight excluding hydrogens is 313 g/mol. The van der Waals surface area contributed by atoms with Gasteiger partial charge in [-0.1, -0.05) is 68.9 Å². The largest absolute Gasteiger partial charge is 0.293 e. The van der Waals surface area contributed by atoms with Crippen molar-refractivity contribution in [3.63, 3.8) is 0 Å². The molecule has 2 aliphatic carbocycles. The smallest absolute Gasteiger partial charge is 0.0239 e. The average Bonchev–Trinajstić information content (AvgIpc) is 2.55. The molecule has 0 saturated heterocycles. The minimum atomic E-state index is 0. The molecule has 0 radical (unpaired) electrons. The Morgan fingerprint density at radius 1 is 0.682 bits per heavy atom. The molecule has 1 aromatic rings. The molecule has 126 valence electrons. The van der Waals surface area contributed by atoms with Crippen LogP contribution in [0, 0.1) is 0 Å². The van der Waals surface area contributed by atoms with Gasteiger partial charge in [0.25, 0.3) is 0 Å². The van der Waals surface area contributed by atoms with E-state index in [-0.39, 0.29) is 24.8 Å². The van der Waals surface area contributed by atoms with Crippen LogP contribution >= 0.6 is 24.8 Å². The highest BCUT2D eigenvalue weighted by Gasteiger charge is 2.28. The molecular formula is C19H31Cl2N. The second kappa shape index (κ2) is 10.5. The van der Waals surface area contributed by atoms with Gasteiger partial charge in [-0.3, -0.25) is 4.90 Å². The second-order valence-electron chi connectivity index (χ2n) is 6.74. The fourth-order valence-electron chi connectivity index (χ4n) is 4.18. The standard InChI is InChI=1S/C19H29N.2ClH/c1-4-10-17(11-5-1)16-20(18-12-6-2-7-13-18)19-14-8-3-9-15-19;;/h1,4-5,10-11,18-19H,2-3,6-9,12-16H2;2*1H. The Hall–Kier alpha value is -0.240. The summed E-state index contributed by atoms with van der Waals surface area (Å²) in [7, 11) is 0. The maximum Gasteiger partial charge on any atom is 0.0239 e. The summed E-state index contributed by atoms with van der Waals surface area (Å²) >= 11 is 0. The number of hydrogen-bond donors (Lipinski definition) is 0. The molecule has 3 rings (SSSR count). The van der Waals surface area contributed by atoms with Gasteiger partial charge in [0.1, 0.15) is 0 Å². The Labute approximate surface area is 148 Å². The minimum Gasteiger partial charge on any atom is -0.293 e. The summed E-state index contributed by atoms with van der Waals surface area (Å²) in [5.74, 6) is 0. The zero-order valence-electron chi connectivity index (χ0n) is 13.6. The Morgan fingerprint density at radius 2 is 1.14 bits per heavy atom. The van der Waals surface area contributed by atoms with Gasteiger partial charge in [-0.05, 0) is 31.2 Å². The van der Waals surface area contributed by atoms with Crippen molar-refractivity contribution in [3.05, 3.63) is 35.9 Å². The van der Waals surface area contributed by atoms with Crippen LogP contribution in [0.1, 0.15) is 69.8 Å². The van der Waals surface area contributed by atoms with Crippen molar-refractivity contribution in [1.29, 1.82) is 0 Å². The van der Waals surface area contributed by atoms with E-state index in [0.717, 1.165) is 12.1 Å². The van der Waals surface area contributed by atoms with Crippen LogP contribution in [0.4, 0.5) is 0 Å². The van der Waals surface area contributed by atoms with Crippen LogP contribution in [0.15, 0.2) is 30.3 Å². The predicted octanol–water partition coefficient (Wildman–Crippen LogP) is 6.00. The molecule has 2 fully saturated rings. The van der Waals surface area contributed by atoms with Crippen LogP contribution in [0.3, 0.4) is 0 Å². The summed E-state index contributed by atoms with van der Waals surface area (Å²) in [6.45, 7) is 1.18. The van der Waals surface area contributed by atoms with E-state index < -0.39 is 0 Å². The van der Waals surface area contributed by atoms with E-state index in [1.54, 1.807) is 0 Å². The summed E-state index contributed by atoms with van der Waals surface area (Å²) in [6.07, 6.45) is 14.4. The van der Waals surface area contributed by atoms with Gasteiger partial charge in [0.15, 0.2) is 0 Å². The van der Waals surface area contributed by atoms with Gasteiger partial charge >= 0.3 is 0 Å². The lowest BCUT2D eigenvalue weighted by Crippen LogP contribution is -2.44. The first kappa shape index (κ1) is 19.8. The molecule has 2 saturated carbocycles. The van der Waals surface area contributed by atoms with Crippen LogP contribution < -0.4 is 0 Å². The van der Waals surface area contributed by atoms with Gasteiger partial charge in [-0.15, -0.1) is 24.8 Å². The summed E-state index contributed by atoms with van der Waals surface area (Å²) in [5.41, 5.74) is 1.50. The average molecular weight is 344 g/mol. The molecule has 0 atom stereocenters. The van der Waals surface area contributed by atoms with Gasteiger partial charge in [-0.25, -0.2) is 0 Å². The van der Waals surface area contributed by atoms with E-state index in [0.29, 0.717) is 0 Å². The third-order valence-corrected chi connectivity index (χ3v) is 5.30. The Morgan fingerprint density at radius 3 is 1.59 bits per heavy atom. The van der Waals surface area contributed by atoms with E-state index in [4.69, 9.17) is 0 Å². The normalized spacial score (nSPS) is 20.2. The fraction of sp³-hybridized carbons (Fsp3) is 0.684. The zero-order chi connectivity index (χ0) is 13.6. The molecule has 0 aromatic heterocycles. The van der Waals surface area contributed by atoms with Crippen LogP contribution in [-0.2, 0) is 6.54 Å². The third-order valence-electron chi connectivity index (χ3n) is 5.30. The molecule has 0 spiro atoms. The van der Waals surface area contributed by atoms with Crippen LogP contribution in [-0.4, -0.2) is 17.0 Å². The van der Waals surface area contributed by atoms with Gasteiger partial charge in [0.2, 0.25) is 0 Å². The minimum absolute atomic E-state index is 0. The highest BCUT2D eigenvalue weighted by molar-refractivity contribution is 5.85. The van der Waals surface area contributed by atoms with E-state index in [9.17, 15) is 0 Å². The van der Waals surface area contributed by atoms with Crippen LogP contribution in [0.25, 0.3) is 0 Å². The van der Waals surface area contributed by atoms with Crippen LogP contribution in [0.2, 0.25) is 0 Å². The number of rotatable bonds is 4. The Balaban J connectivity index is 0.00000121. The highest BCUT2D eigenvalue weighted by Crippen LogP contribution is 2.31. The lowest BCUT2D eigenvalue weighted by molar-refractivity contribution is 0.0731. The lowest BCUT2D eigenvalue weighted by atomic mass is 9.88. The van der Waals surface area contributed by atoms with Crippen molar-refractivity contribution in [2.45, 2.75) is 82.8 Å². The summed E-state index contributed by atoms with van der Waals surface area (Å²) in [4.78, 5) is 2.88. The SMILES string of the molecule is Cl.Cl.c1ccc(CN(C2CCCCC2)C2CCCCC2)cc1. The van der Waals surface area contributed by atoms with Gasteiger partial charge < -0.3 is 0 Å². The van der Waals surface area contributed by atoms with Gasteiger partial charge in [0, 0.05) is 18.6 Å². The van der Waals surface area contributed by atoms with Gasteiger partial charge in [-0.2, -0.15) is 0 Å². The molecule has 1 nitrogen and oxygen atoms in total. The molecule has 0 N–H and O–H groups in total. The first-order valence-corrected chi connectivity index (χ1v) is 8.73. The van der Waals surface area contributed by atoms with Crippen molar-refractivity contribution < 1.29 is 0 Å². The van der Waals surface area contributed by atoms with Crippen molar-refractivity contribution in [1.82, 2.24) is 4.90 Å². The molecule has 0 amide bonds. The van der Waals surface area contributed by atoms with E-state index in [1.165, 1.54) is 76.3 Å². The molecule has 0 bridgehead atoms. The number of hydrogen-bond acceptors (Lipinski definition) is 1. The van der Waals surface area contributed by atoms with E-state index in [1.807, 2.05) is 0 Å². The molecule has 22 heavy (non-hydrogen) atoms. The maximum atomic E-state index is 2.88. The molecule has 3 heteroatoms. The van der Waals surface area contributed by atoms with Crippen molar-refractivity contribution in [2.75, 3.05) is 0 Å². The molecule has 1 aromatic carbocycles. The highest BCUT2D eigenvalue weighted by atomic mass is 35.5. The van der Waals surface area contributed by atoms with Crippen molar-refractivity contribution in [3.8, 4) is 0 Å². The topological polar surface area (TPSA) is 3.24 Å². The summed E-state index contributed by atoms with van der Waals surface area (Å²) in [5, 5.41) is 0. The number of nitrogens with zero attached hydrogens (tertiary/aromatic N) is 1. The van der Waals surface area contributed by atoms with Gasteiger partial charge in [0.05, 0.1) is 0 Å². The number of halogens is 2. The molecule has 2 aliphatic rings. The summed E-state index contributed by atoms with van der Waals surface area (Å²) < 4.78 is 0. The fourth-order valence-corrected chi connectivity index (χ4v) is 4.18. The lowest BCUT2D eigenvalue weighted by Gasteiger charge is -2.41. The Bertz CT molecular complexity index is 366. The zero-order valence-corrected chi connectivity index (χ0v) is 15.2. The molecule has 0 unspecified atom stereocenters. The Kier molecular flexibility index (Phi) is 9.47. The third kappa shape index (κ3) is 5.44. The quantitative estimate of drug-likeness (QED) is 0.648. The second-order valence-corrected chi connectivity index (χ2v) is 6.74. The van der Waals surface area contributed by atoms with Crippen LogP contribution in [0.5, 0.6) is 0 Å². The molecule has 0 heterocycles. The predicted molar refractivity (Wildman–Crippen MR) is 100 cm³/mol. The maximum absolute atomic E-state index is 2.88. The first-order chi connectivity index (χ1) is 9.93. The number of benzene rings is 1. The van der Waals surface area contributed by atoms with Crippen molar-refractivity contribution >= 4 is 24.8 Å². The first-order valence-electron chi connectivity index (χ1n) is 8.73.